The van der Waals surface area contributed by atoms with Gasteiger partial charge in [-0.2, -0.15) is 0 Å². The van der Waals surface area contributed by atoms with Gasteiger partial charge in [-0.05, 0) is 36.0 Å². The molecule has 1 unspecified atom stereocenters. The van der Waals surface area contributed by atoms with E-state index < -0.39 is 17.6 Å². The summed E-state index contributed by atoms with van der Waals surface area (Å²) in [7, 11) is 0. The Bertz CT molecular complexity index is 1200. The molecule has 2 heterocycles. The van der Waals surface area contributed by atoms with Crippen LogP contribution in [0, 0.1) is 5.92 Å². The molecular weight excluding hydrogens is 474 g/mol. The van der Waals surface area contributed by atoms with Crippen LogP contribution in [-0.4, -0.2) is 58.6 Å². The molecule has 2 saturated heterocycles. The van der Waals surface area contributed by atoms with Crippen LogP contribution in [0.4, 0.5) is 0 Å². The van der Waals surface area contributed by atoms with Gasteiger partial charge in [0.1, 0.15) is 12.1 Å². The Morgan fingerprint density at radius 3 is 1.74 bits per heavy atom. The number of Topliss-reactive ketones (excluding diaryl/α,β-unsaturated/α-hetero) is 1. The number of carbonyl (C=O) groups is 3. The molecule has 0 aromatic heterocycles. The zero-order valence-electron chi connectivity index (χ0n) is 22.2. The van der Waals surface area contributed by atoms with Crippen LogP contribution >= 0.6 is 0 Å². The summed E-state index contributed by atoms with van der Waals surface area (Å²) >= 11 is 0. The molecule has 2 aliphatic heterocycles. The number of nitrogens with zero attached hydrogens (tertiary/aromatic N) is 2. The number of amides is 2. The molecule has 0 aliphatic carbocycles. The fraction of sp³-hybridized carbons (Fsp3) is 0.344. The molecule has 38 heavy (non-hydrogen) atoms. The van der Waals surface area contributed by atoms with Crippen molar-refractivity contribution in [3.8, 4) is 0 Å². The van der Waals surface area contributed by atoms with Gasteiger partial charge >= 0.3 is 0 Å². The third kappa shape index (κ3) is 4.54. The van der Waals surface area contributed by atoms with Gasteiger partial charge in [0.25, 0.3) is 0 Å². The lowest BCUT2D eigenvalue weighted by atomic mass is 9.76. The summed E-state index contributed by atoms with van der Waals surface area (Å²) in [6, 6.07) is 29.4. The van der Waals surface area contributed by atoms with Gasteiger partial charge in [-0.1, -0.05) is 105 Å². The van der Waals surface area contributed by atoms with E-state index in [0.717, 1.165) is 16.7 Å². The molecule has 2 fully saturated rings. The minimum atomic E-state index is -0.658. The van der Waals surface area contributed by atoms with Crippen molar-refractivity contribution in [2.45, 2.75) is 50.9 Å². The molecule has 0 radical (unpaired) electrons. The third-order valence-corrected chi connectivity index (χ3v) is 7.86. The van der Waals surface area contributed by atoms with Crippen molar-refractivity contribution >= 4 is 17.6 Å². The van der Waals surface area contributed by atoms with E-state index in [2.05, 4.69) is 46.6 Å². The highest BCUT2D eigenvalue weighted by atomic mass is 16.2. The number of rotatable bonds is 9. The Morgan fingerprint density at radius 1 is 0.842 bits per heavy atom. The summed E-state index contributed by atoms with van der Waals surface area (Å²) in [5, 5.41) is 3.03. The number of hydrogen-bond acceptors (Lipinski definition) is 4. The number of likely N-dealkylation sites (tertiary alicyclic amines) is 1. The molecule has 1 N–H and O–H groups in total. The standard InChI is InChI=1S/C32H35N3O3/c1-22(2)29(23(3)36)34-20-19-27(31(34)38)33-30(37)28-21-35(28)32(24-13-7-4-8-14-24,25-15-9-5-10-16-25)26-17-11-6-12-18-26/h4-18,22,27-29H,19-21H2,1-3H3,(H,33,37)/t27-,28+,29+,35?/m1/s1. The molecular formula is C32H35N3O3. The second-order valence-electron chi connectivity index (χ2n) is 10.7. The zero-order chi connectivity index (χ0) is 26.9. The molecule has 6 heteroatoms. The van der Waals surface area contributed by atoms with Crippen LogP contribution in [0.15, 0.2) is 91.0 Å². The van der Waals surface area contributed by atoms with E-state index in [-0.39, 0.29) is 29.6 Å². The highest BCUT2D eigenvalue weighted by Crippen LogP contribution is 2.48. The maximum absolute atomic E-state index is 13.6. The van der Waals surface area contributed by atoms with Gasteiger partial charge in [0.15, 0.2) is 5.78 Å². The fourth-order valence-corrected chi connectivity index (χ4v) is 6.20. The first-order valence-electron chi connectivity index (χ1n) is 13.4. The lowest BCUT2D eigenvalue weighted by Gasteiger charge is -2.38. The lowest BCUT2D eigenvalue weighted by molar-refractivity contribution is -0.139. The van der Waals surface area contributed by atoms with Gasteiger partial charge in [-0.3, -0.25) is 19.3 Å². The van der Waals surface area contributed by atoms with Crippen LogP contribution in [0.1, 0.15) is 43.9 Å². The normalized spacial score (nSPS) is 21.8. The van der Waals surface area contributed by atoms with E-state index in [9.17, 15) is 14.4 Å². The van der Waals surface area contributed by atoms with Crippen molar-refractivity contribution in [2.24, 2.45) is 5.92 Å². The van der Waals surface area contributed by atoms with E-state index in [4.69, 9.17) is 0 Å². The van der Waals surface area contributed by atoms with Crippen molar-refractivity contribution in [1.29, 1.82) is 0 Å². The first-order chi connectivity index (χ1) is 18.4. The van der Waals surface area contributed by atoms with Gasteiger partial charge in [0.05, 0.1) is 11.6 Å². The van der Waals surface area contributed by atoms with Crippen LogP contribution in [0.5, 0.6) is 0 Å². The maximum atomic E-state index is 13.6. The Labute approximate surface area is 224 Å². The van der Waals surface area contributed by atoms with Gasteiger partial charge in [-0.15, -0.1) is 0 Å². The second-order valence-corrected chi connectivity index (χ2v) is 10.7. The van der Waals surface area contributed by atoms with E-state index in [1.165, 1.54) is 6.92 Å². The molecule has 0 spiro atoms. The zero-order valence-corrected chi connectivity index (χ0v) is 22.2. The highest BCUT2D eigenvalue weighted by Gasteiger charge is 2.56. The Morgan fingerprint density at radius 2 is 1.32 bits per heavy atom. The first kappa shape index (κ1) is 25.9. The van der Waals surface area contributed by atoms with E-state index in [1.807, 2.05) is 68.4 Å². The topological polar surface area (TPSA) is 69.5 Å². The van der Waals surface area contributed by atoms with Crippen molar-refractivity contribution < 1.29 is 14.4 Å². The molecule has 0 saturated carbocycles. The monoisotopic (exact) mass is 509 g/mol. The highest BCUT2D eigenvalue weighted by molar-refractivity contribution is 5.95. The van der Waals surface area contributed by atoms with E-state index >= 15 is 0 Å². The predicted octanol–water partition coefficient (Wildman–Crippen LogP) is 3.99. The van der Waals surface area contributed by atoms with Crippen molar-refractivity contribution in [1.82, 2.24) is 15.1 Å². The van der Waals surface area contributed by atoms with Crippen LogP contribution in [-0.2, 0) is 19.9 Å². The summed E-state index contributed by atoms with van der Waals surface area (Å²) in [5.41, 5.74) is 2.58. The molecule has 2 amide bonds. The average molecular weight is 510 g/mol. The number of hydrogen-bond donors (Lipinski definition) is 1. The second kappa shape index (κ2) is 10.5. The van der Waals surface area contributed by atoms with E-state index in [0.29, 0.717) is 19.5 Å². The van der Waals surface area contributed by atoms with Gasteiger partial charge in [0.2, 0.25) is 11.8 Å². The first-order valence-corrected chi connectivity index (χ1v) is 13.4. The summed E-state index contributed by atoms with van der Waals surface area (Å²) < 4.78 is 0. The summed E-state index contributed by atoms with van der Waals surface area (Å²) in [6.07, 6.45) is 0.509. The SMILES string of the molecule is CC(=O)[C@H](C(C)C)N1CC[C@@H](NC(=O)[C@@H]2CN2C(c2ccccc2)(c2ccccc2)c2ccccc2)C1=O. The van der Waals surface area contributed by atoms with E-state index in [1.54, 1.807) is 4.90 Å². The molecule has 2 aliphatic rings. The van der Waals surface area contributed by atoms with Crippen LogP contribution < -0.4 is 5.32 Å². The van der Waals surface area contributed by atoms with Gasteiger partial charge < -0.3 is 10.2 Å². The number of nitrogens with one attached hydrogen (secondary N) is 1. The summed E-state index contributed by atoms with van der Waals surface area (Å²) in [4.78, 5) is 42.9. The van der Waals surface area contributed by atoms with Gasteiger partial charge in [0, 0.05) is 13.1 Å². The molecule has 0 bridgehead atoms. The minimum Gasteiger partial charge on any atom is -0.343 e. The summed E-state index contributed by atoms with van der Waals surface area (Å²) in [6.45, 7) is 6.47. The maximum Gasteiger partial charge on any atom is 0.245 e. The summed E-state index contributed by atoms with van der Waals surface area (Å²) in [5.74, 6) is -0.318. The Kier molecular flexibility index (Phi) is 7.17. The molecule has 3 aromatic carbocycles. The smallest absolute Gasteiger partial charge is 0.245 e. The average Bonchev–Trinajstić information content (AvgIpc) is 3.66. The lowest BCUT2D eigenvalue weighted by Crippen LogP contribution is -2.50. The van der Waals surface area contributed by atoms with Gasteiger partial charge in [-0.25, -0.2) is 0 Å². The number of ketones is 1. The number of benzene rings is 3. The Hall–Kier alpha value is -3.77. The fourth-order valence-electron chi connectivity index (χ4n) is 6.20. The van der Waals surface area contributed by atoms with Crippen molar-refractivity contribution in [2.75, 3.05) is 13.1 Å². The number of carbonyl (C=O) groups excluding carboxylic acids is 3. The third-order valence-electron chi connectivity index (χ3n) is 7.86. The molecule has 5 rings (SSSR count). The Balaban J connectivity index is 1.44. The molecule has 196 valence electrons. The van der Waals surface area contributed by atoms with Crippen LogP contribution in [0.25, 0.3) is 0 Å². The predicted molar refractivity (Wildman–Crippen MR) is 147 cm³/mol. The molecule has 6 nitrogen and oxygen atoms in total. The van der Waals surface area contributed by atoms with Crippen LogP contribution in [0.2, 0.25) is 0 Å². The molecule has 4 atom stereocenters. The van der Waals surface area contributed by atoms with Crippen LogP contribution in [0.3, 0.4) is 0 Å². The largest absolute Gasteiger partial charge is 0.343 e. The quantitative estimate of drug-likeness (QED) is 0.350. The molecule has 3 aromatic rings. The minimum absolute atomic E-state index is 0.0212. The van der Waals surface area contributed by atoms with Crippen molar-refractivity contribution in [3.63, 3.8) is 0 Å². The van der Waals surface area contributed by atoms with Crippen molar-refractivity contribution in [3.05, 3.63) is 108 Å².